The molecule has 0 aliphatic carbocycles. The minimum absolute atomic E-state index is 0.111. The lowest BCUT2D eigenvalue weighted by Crippen LogP contribution is -2.38. The molecule has 7 heteroatoms. The van der Waals surface area contributed by atoms with E-state index < -0.39 is 4.92 Å². The van der Waals surface area contributed by atoms with Crippen LogP contribution in [0.15, 0.2) is 73.1 Å². The van der Waals surface area contributed by atoms with Gasteiger partial charge in [-0.15, -0.1) is 0 Å². The number of non-ortho nitro benzene ring substituents is 1. The fourth-order valence-electron chi connectivity index (χ4n) is 3.04. The topological polar surface area (TPSA) is 79.3 Å². The maximum Gasteiger partial charge on any atom is 0.288 e. The fraction of sp³-hybridized carbons (Fsp3) is 0.0909. The van der Waals surface area contributed by atoms with E-state index in [0.29, 0.717) is 11.3 Å². The second-order valence-electron chi connectivity index (χ2n) is 6.62. The van der Waals surface area contributed by atoms with Crippen LogP contribution in [0.4, 0.5) is 11.4 Å². The standard InChI is InChI=1S/C22H19N3O3S/c1-15-11-16(2)13-18(12-15)23-22(29)20(24-9-4-3-5-10-24)21(26)17-7-6-8-19(14-17)25(27)28/h3-14H,1-2H3,(H-,23,26,29)/p+1. The van der Waals surface area contributed by atoms with Crippen LogP contribution in [-0.2, 0) is 0 Å². The highest BCUT2D eigenvalue weighted by atomic mass is 32.1. The summed E-state index contributed by atoms with van der Waals surface area (Å²) in [6.45, 7) is 3.98. The van der Waals surface area contributed by atoms with Crippen molar-refractivity contribution in [2.45, 2.75) is 13.8 Å². The number of thiocarbonyl (C=S) groups is 1. The number of aliphatic hydroxyl groups is 1. The lowest BCUT2D eigenvalue weighted by molar-refractivity contribution is -0.575. The van der Waals surface area contributed by atoms with Crippen LogP contribution in [0.25, 0.3) is 11.5 Å². The van der Waals surface area contributed by atoms with Gasteiger partial charge in [-0.3, -0.25) is 10.1 Å². The Morgan fingerprint density at radius 1 is 1.03 bits per heavy atom. The van der Waals surface area contributed by atoms with Crippen molar-refractivity contribution in [3.05, 3.63) is 99.9 Å². The zero-order chi connectivity index (χ0) is 21.0. The molecule has 0 spiro atoms. The molecule has 0 saturated carbocycles. The number of aromatic nitrogens is 1. The van der Waals surface area contributed by atoms with E-state index in [2.05, 4.69) is 11.4 Å². The smallest absolute Gasteiger partial charge is 0.288 e. The summed E-state index contributed by atoms with van der Waals surface area (Å²) in [7, 11) is 0. The minimum Gasteiger partial charge on any atom is -0.502 e. The highest BCUT2D eigenvalue weighted by molar-refractivity contribution is 7.81. The number of hydrogen-bond acceptors (Lipinski definition) is 4. The monoisotopic (exact) mass is 406 g/mol. The van der Waals surface area contributed by atoms with E-state index in [1.54, 1.807) is 35.2 Å². The number of anilines is 1. The second kappa shape index (κ2) is 8.62. The highest BCUT2D eigenvalue weighted by Crippen LogP contribution is 2.23. The summed E-state index contributed by atoms with van der Waals surface area (Å²) < 4.78 is 1.67. The Morgan fingerprint density at radius 2 is 1.69 bits per heavy atom. The summed E-state index contributed by atoms with van der Waals surface area (Å²) >= 11 is 5.60. The summed E-state index contributed by atoms with van der Waals surface area (Å²) in [6, 6.07) is 17.2. The molecule has 29 heavy (non-hydrogen) atoms. The SMILES string of the molecule is Cc1cc(C)cc(NC(=S)/C(=C(\O)c2cccc([N+](=O)[O-])c2)[n+]2ccccc2)c1. The Labute approximate surface area is 173 Å². The van der Waals surface area contributed by atoms with Crippen LogP contribution >= 0.6 is 12.2 Å². The molecule has 3 rings (SSSR count). The largest absolute Gasteiger partial charge is 0.502 e. The Balaban J connectivity index is 2.09. The first-order chi connectivity index (χ1) is 13.8. The molecule has 1 heterocycles. The summed E-state index contributed by atoms with van der Waals surface area (Å²) in [5.74, 6) is -0.160. The maximum atomic E-state index is 11.1. The Morgan fingerprint density at radius 3 is 2.31 bits per heavy atom. The molecule has 2 aromatic carbocycles. The molecular weight excluding hydrogens is 386 g/mol. The molecule has 0 bridgehead atoms. The molecule has 0 aliphatic rings. The maximum absolute atomic E-state index is 11.1. The van der Waals surface area contributed by atoms with E-state index in [9.17, 15) is 15.2 Å². The number of nitro benzene ring substituents is 1. The van der Waals surface area contributed by atoms with Gasteiger partial charge in [0.05, 0.1) is 4.92 Å². The van der Waals surface area contributed by atoms with E-state index in [0.717, 1.165) is 16.8 Å². The van der Waals surface area contributed by atoms with Gasteiger partial charge in [-0.1, -0.05) is 36.5 Å². The summed E-state index contributed by atoms with van der Waals surface area (Å²) in [4.78, 5) is 10.9. The van der Waals surface area contributed by atoms with Gasteiger partial charge in [0.1, 0.15) is 0 Å². The van der Waals surface area contributed by atoms with Gasteiger partial charge in [0.2, 0.25) is 0 Å². The van der Waals surface area contributed by atoms with Gasteiger partial charge >= 0.3 is 0 Å². The molecule has 0 radical (unpaired) electrons. The summed E-state index contributed by atoms with van der Waals surface area (Å²) in [5, 5.41) is 25.3. The van der Waals surface area contributed by atoms with Gasteiger partial charge in [-0.05, 0) is 37.1 Å². The van der Waals surface area contributed by atoms with Crippen molar-refractivity contribution in [3.8, 4) is 0 Å². The third-order valence-electron chi connectivity index (χ3n) is 4.22. The normalized spacial score (nSPS) is 11.5. The van der Waals surface area contributed by atoms with E-state index in [4.69, 9.17) is 12.2 Å². The van der Waals surface area contributed by atoms with Gasteiger partial charge in [-0.2, -0.15) is 4.57 Å². The first-order valence-corrected chi connectivity index (χ1v) is 9.30. The van der Waals surface area contributed by atoms with E-state index >= 15 is 0 Å². The molecule has 0 atom stereocenters. The molecule has 0 saturated heterocycles. The van der Waals surface area contributed by atoms with Crippen molar-refractivity contribution in [2.24, 2.45) is 0 Å². The van der Waals surface area contributed by atoms with Crippen LogP contribution in [0.1, 0.15) is 16.7 Å². The first-order valence-electron chi connectivity index (χ1n) is 8.89. The highest BCUT2D eigenvalue weighted by Gasteiger charge is 2.24. The van der Waals surface area contributed by atoms with Gasteiger partial charge in [-0.25, -0.2) is 0 Å². The third-order valence-corrected chi connectivity index (χ3v) is 4.52. The van der Waals surface area contributed by atoms with Crippen molar-refractivity contribution < 1.29 is 14.6 Å². The lowest BCUT2D eigenvalue weighted by atomic mass is 10.1. The lowest BCUT2D eigenvalue weighted by Gasteiger charge is -2.11. The van der Waals surface area contributed by atoms with Crippen molar-refractivity contribution in [1.82, 2.24) is 0 Å². The van der Waals surface area contributed by atoms with Crippen LogP contribution in [0.3, 0.4) is 0 Å². The molecule has 146 valence electrons. The van der Waals surface area contributed by atoms with Crippen molar-refractivity contribution >= 4 is 40.0 Å². The minimum atomic E-state index is -0.502. The second-order valence-corrected chi connectivity index (χ2v) is 7.03. The summed E-state index contributed by atoms with van der Waals surface area (Å²) in [5.41, 5.74) is 3.47. The number of benzene rings is 2. The Hall–Kier alpha value is -3.58. The van der Waals surface area contributed by atoms with Crippen LogP contribution in [0, 0.1) is 24.0 Å². The molecule has 0 fully saturated rings. The number of rotatable bonds is 5. The third kappa shape index (κ3) is 4.83. The Kier molecular flexibility index (Phi) is 5.99. The van der Waals surface area contributed by atoms with Gasteiger partial charge in [0.25, 0.3) is 11.4 Å². The molecule has 3 aromatic rings. The predicted molar refractivity (Wildman–Crippen MR) is 118 cm³/mol. The van der Waals surface area contributed by atoms with E-state index in [1.807, 2.05) is 32.0 Å². The van der Waals surface area contributed by atoms with Crippen LogP contribution in [0.2, 0.25) is 0 Å². The molecule has 0 amide bonds. The number of hydrogen-bond donors (Lipinski definition) is 2. The average Bonchev–Trinajstić information content (AvgIpc) is 2.68. The van der Waals surface area contributed by atoms with E-state index in [1.165, 1.54) is 18.2 Å². The van der Waals surface area contributed by atoms with E-state index in [-0.39, 0.29) is 16.4 Å². The van der Waals surface area contributed by atoms with Gasteiger partial charge < -0.3 is 10.4 Å². The molecule has 2 N–H and O–H groups in total. The molecule has 1 aromatic heterocycles. The molecule has 0 unspecified atom stereocenters. The van der Waals surface area contributed by atoms with Gasteiger partial charge in [0.15, 0.2) is 23.1 Å². The zero-order valence-electron chi connectivity index (χ0n) is 16.0. The van der Waals surface area contributed by atoms with Crippen LogP contribution in [-0.4, -0.2) is 15.0 Å². The number of nitrogens with one attached hydrogen (secondary N) is 1. The first kappa shape index (κ1) is 20.2. The number of nitro groups is 1. The van der Waals surface area contributed by atoms with Crippen LogP contribution < -0.4 is 9.88 Å². The quantitative estimate of drug-likeness (QED) is 0.159. The van der Waals surface area contributed by atoms with Crippen LogP contribution in [0.5, 0.6) is 0 Å². The van der Waals surface area contributed by atoms with Crippen molar-refractivity contribution in [3.63, 3.8) is 0 Å². The van der Waals surface area contributed by atoms with Crippen molar-refractivity contribution in [1.29, 1.82) is 0 Å². The molecule has 0 aliphatic heterocycles. The number of aryl methyl sites for hydroxylation is 2. The molecular formula is C22H20N3O3S+. The zero-order valence-corrected chi connectivity index (χ0v) is 16.8. The molecule has 6 nitrogen and oxygen atoms in total. The Bertz CT molecular complexity index is 1090. The fourth-order valence-corrected chi connectivity index (χ4v) is 3.36. The number of aliphatic hydroxyl groups excluding tert-OH is 1. The summed E-state index contributed by atoms with van der Waals surface area (Å²) in [6.07, 6.45) is 3.50. The predicted octanol–water partition coefficient (Wildman–Crippen LogP) is 4.82. The average molecular weight is 406 g/mol. The van der Waals surface area contributed by atoms with Gasteiger partial charge in [0, 0.05) is 35.5 Å². The number of nitrogens with zero attached hydrogens (tertiary/aromatic N) is 2. The van der Waals surface area contributed by atoms with Crippen molar-refractivity contribution in [2.75, 3.05) is 5.32 Å². The number of pyridine rings is 1.